The molecule has 28 heavy (non-hydrogen) atoms. The molecule has 3 rings (SSSR count). The molecule has 0 bridgehead atoms. The van der Waals surface area contributed by atoms with Crippen LogP contribution in [0.15, 0.2) is 48.7 Å². The van der Waals surface area contributed by atoms with Crippen molar-refractivity contribution in [2.45, 2.75) is 19.7 Å². The molecule has 0 radical (unpaired) electrons. The first-order valence-corrected chi connectivity index (χ1v) is 8.33. The van der Waals surface area contributed by atoms with Gasteiger partial charge in [-0.25, -0.2) is 9.18 Å². The SMILES string of the molecule is CCOC(=O)c1cnc2c(OCc3cc(F)cc(C(F)(F)F)c3)cccc2c1. The molecule has 0 aliphatic carbocycles. The average Bonchev–Trinajstić information content (AvgIpc) is 2.65. The zero-order chi connectivity index (χ0) is 20.3. The molecule has 1 heterocycles. The molecule has 4 nitrogen and oxygen atoms in total. The number of hydrogen-bond donors (Lipinski definition) is 0. The zero-order valence-electron chi connectivity index (χ0n) is 14.7. The predicted molar refractivity (Wildman–Crippen MR) is 93.4 cm³/mol. The summed E-state index contributed by atoms with van der Waals surface area (Å²) in [6.45, 7) is 1.64. The number of hydrogen-bond acceptors (Lipinski definition) is 4. The second-order valence-electron chi connectivity index (χ2n) is 5.91. The van der Waals surface area contributed by atoms with Crippen LogP contribution in [0, 0.1) is 5.82 Å². The summed E-state index contributed by atoms with van der Waals surface area (Å²) in [7, 11) is 0. The maximum Gasteiger partial charge on any atom is 0.416 e. The Balaban J connectivity index is 1.85. The number of carbonyl (C=O) groups excluding carboxylic acids is 1. The number of ether oxygens (including phenoxy) is 2. The lowest BCUT2D eigenvalue weighted by Crippen LogP contribution is -2.07. The molecule has 0 spiro atoms. The second-order valence-corrected chi connectivity index (χ2v) is 5.91. The van der Waals surface area contributed by atoms with Crippen molar-refractivity contribution >= 4 is 16.9 Å². The van der Waals surface area contributed by atoms with E-state index in [2.05, 4.69) is 4.98 Å². The maximum absolute atomic E-state index is 13.5. The number of fused-ring (bicyclic) bond motifs is 1. The van der Waals surface area contributed by atoms with E-state index in [1.54, 1.807) is 31.2 Å². The maximum atomic E-state index is 13.5. The lowest BCUT2D eigenvalue weighted by Gasteiger charge is -2.12. The van der Waals surface area contributed by atoms with Crippen molar-refractivity contribution in [2.75, 3.05) is 6.61 Å². The van der Waals surface area contributed by atoms with Crippen LogP contribution in [0.4, 0.5) is 17.6 Å². The van der Waals surface area contributed by atoms with E-state index in [1.807, 2.05) is 0 Å². The highest BCUT2D eigenvalue weighted by Gasteiger charge is 2.31. The Morgan fingerprint density at radius 1 is 1.14 bits per heavy atom. The van der Waals surface area contributed by atoms with Crippen LogP contribution in [0.5, 0.6) is 5.75 Å². The van der Waals surface area contributed by atoms with Gasteiger partial charge in [-0.3, -0.25) is 4.98 Å². The third-order valence-corrected chi connectivity index (χ3v) is 3.86. The standard InChI is InChI=1S/C20H15F4NO3/c1-2-27-19(26)14-8-13-4-3-5-17(18(13)25-10-14)28-11-12-6-15(20(22,23)24)9-16(21)7-12/h3-10H,2,11H2,1H3. The van der Waals surface area contributed by atoms with Gasteiger partial charge in [0.15, 0.2) is 0 Å². The number of benzene rings is 2. The normalized spacial score (nSPS) is 11.5. The molecule has 0 aliphatic heterocycles. The minimum Gasteiger partial charge on any atom is -0.487 e. The van der Waals surface area contributed by atoms with Crippen LogP contribution in [0.2, 0.25) is 0 Å². The fourth-order valence-electron chi connectivity index (χ4n) is 2.63. The van der Waals surface area contributed by atoms with Crippen LogP contribution < -0.4 is 4.74 Å². The largest absolute Gasteiger partial charge is 0.487 e. The van der Waals surface area contributed by atoms with Gasteiger partial charge in [-0.2, -0.15) is 13.2 Å². The van der Waals surface area contributed by atoms with Gasteiger partial charge < -0.3 is 9.47 Å². The van der Waals surface area contributed by atoms with E-state index in [0.29, 0.717) is 22.7 Å². The molecular weight excluding hydrogens is 378 g/mol. The third kappa shape index (κ3) is 4.39. The van der Waals surface area contributed by atoms with Crippen LogP contribution in [0.25, 0.3) is 10.9 Å². The Hall–Kier alpha value is -3.16. The summed E-state index contributed by atoms with van der Waals surface area (Å²) in [5, 5.41) is 0.596. The molecular formula is C20H15F4NO3. The average molecular weight is 393 g/mol. The molecule has 0 saturated carbocycles. The summed E-state index contributed by atoms with van der Waals surface area (Å²) < 4.78 is 62.5. The Morgan fingerprint density at radius 2 is 1.93 bits per heavy atom. The van der Waals surface area contributed by atoms with Crippen molar-refractivity contribution < 1.29 is 31.8 Å². The summed E-state index contributed by atoms with van der Waals surface area (Å²) in [4.78, 5) is 16.0. The topological polar surface area (TPSA) is 48.4 Å². The highest BCUT2D eigenvalue weighted by Crippen LogP contribution is 2.31. The van der Waals surface area contributed by atoms with Crippen LogP contribution >= 0.6 is 0 Å². The Labute approximate surface area is 157 Å². The zero-order valence-corrected chi connectivity index (χ0v) is 14.7. The summed E-state index contributed by atoms with van der Waals surface area (Å²) in [5.74, 6) is -1.21. The van der Waals surface area contributed by atoms with Crippen molar-refractivity contribution in [3.63, 3.8) is 0 Å². The Morgan fingerprint density at radius 3 is 2.64 bits per heavy atom. The number of para-hydroxylation sites is 1. The molecule has 0 aliphatic rings. The molecule has 0 atom stereocenters. The van der Waals surface area contributed by atoms with Gasteiger partial charge in [0.1, 0.15) is 23.7 Å². The number of halogens is 4. The van der Waals surface area contributed by atoms with E-state index < -0.39 is 23.5 Å². The molecule has 0 N–H and O–H groups in total. The number of esters is 1. The molecule has 0 saturated heterocycles. The molecule has 0 amide bonds. The summed E-state index contributed by atoms with van der Waals surface area (Å²) in [5.41, 5.74) is -0.358. The van der Waals surface area contributed by atoms with Crippen molar-refractivity contribution in [3.05, 3.63) is 71.2 Å². The first-order valence-electron chi connectivity index (χ1n) is 8.33. The van der Waals surface area contributed by atoms with Crippen LogP contribution in [-0.4, -0.2) is 17.6 Å². The number of carbonyl (C=O) groups is 1. The summed E-state index contributed by atoms with van der Waals surface area (Å²) >= 11 is 0. The summed E-state index contributed by atoms with van der Waals surface area (Å²) in [6, 6.07) is 8.77. The van der Waals surface area contributed by atoms with Crippen molar-refractivity contribution in [1.82, 2.24) is 4.98 Å². The fraction of sp³-hybridized carbons (Fsp3) is 0.200. The van der Waals surface area contributed by atoms with Gasteiger partial charge in [0.05, 0.1) is 17.7 Å². The monoisotopic (exact) mass is 393 g/mol. The van der Waals surface area contributed by atoms with E-state index in [4.69, 9.17) is 9.47 Å². The molecule has 0 fully saturated rings. The molecule has 1 aromatic heterocycles. The highest BCUT2D eigenvalue weighted by molar-refractivity contribution is 5.95. The van der Waals surface area contributed by atoms with E-state index in [1.165, 1.54) is 6.20 Å². The van der Waals surface area contributed by atoms with Gasteiger partial charge in [-0.05, 0) is 42.8 Å². The van der Waals surface area contributed by atoms with Crippen LogP contribution in [0.3, 0.4) is 0 Å². The van der Waals surface area contributed by atoms with E-state index >= 15 is 0 Å². The molecule has 146 valence electrons. The second kappa shape index (κ2) is 7.84. The fourth-order valence-corrected chi connectivity index (χ4v) is 2.63. The minimum atomic E-state index is -4.65. The minimum absolute atomic E-state index is 0.0347. The van der Waals surface area contributed by atoms with Crippen molar-refractivity contribution in [2.24, 2.45) is 0 Å². The van der Waals surface area contributed by atoms with Crippen molar-refractivity contribution in [1.29, 1.82) is 0 Å². The predicted octanol–water partition coefficient (Wildman–Crippen LogP) is 5.15. The van der Waals surface area contributed by atoms with Crippen molar-refractivity contribution in [3.8, 4) is 5.75 Å². The first kappa shape index (κ1) is 19.6. The Bertz CT molecular complexity index is 1020. The van der Waals surface area contributed by atoms with Gasteiger partial charge in [-0.15, -0.1) is 0 Å². The van der Waals surface area contributed by atoms with Gasteiger partial charge >= 0.3 is 12.1 Å². The first-order chi connectivity index (χ1) is 13.3. The number of aromatic nitrogens is 1. The Kier molecular flexibility index (Phi) is 5.48. The van der Waals surface area contributed by atoms with Gasteiger partial charge in [0.2, 0.25) is 0 Å². The van der Waals surface area contributed by atoms with E-state index in [0.717, 1.165) is 12.1 Å². The van der Waals surface area contributed by atoms with E-state index in [-0.39, 0.29) is 24.3 Å². The number of rotatable bonds is 5. The van der Waals surface area contributed by atoms with Gasteiger partial charge in [-0.1, -0.05) is 12.1 Å². The molecule has 3 aromatic rings. The molecule has 0 unspecified atom stereocenters. The quantitative estimate of drug-likeness (QED) is 0.444. The van der Waals surface area contributed by atoms with Crippen LogP contribution in [0.1, 0.15) is 28.4 Å². The lowest BCUT2D eigenvalue weighted by molar-refractivity contribution is -0.137. The lowest BCUT2D eigenvalue weighted by atomic mass is 10.1. The highest BCUT2D eigenvalue weighted by atomic mass is 19.4. The van der Waals surface area contributed by atoms with Gasteiger partial charge in [0, 0.05) is 11.6 Å². The third-order valence-electron chi connectivity index (χ3n) is 3.86. The molecule has 2 aromatic carbocycles. The number of pyridine rings is 1. The number of alkyl halides is 3. The summed E-state index contributed by atoms with van der Waals surface area (Å²) in [6.07, 6.45) is -3.32. The molecule has 8 heteroatoms. The van der Waals surface area contributed by atoms with Gasteiger partial charge in [0.25, 0.3) is 0 Å². The van der Waals surface area contributed by atoms with E-state index in [9.17, 15) is 22.4 Å². The smallest absolute Gasteiger partial charge is 0.416 e. The van der Waals surface area contributed by atoms with Crippen LogP contribution in [-0.2, 0) is 17.5 Å². The number of nitrogens with zero attached hydrogens (tertiary/aromatic N) is 1.